The molecular weight excluding hydrogens is 342 g/mol. The fourth-order valence-electron chi connectivity index (χ4n) is 3.73. The average molecular weight is 359 g/mol. The van der Waals surface area contributed by atoms with Crippen LogP contribution in [0.15, 0.2) is 59.4 Å². The highest BCUT2D eigenvalue weighted by Crippen LogP contribution is 2.41. The number of aromatic nitrogens is 3. The van der Waals surface area contributed by atoms with E-state index in [4.69, 9.17) is 0 Å². The molecule has 0 fully saturated rings. The Morgan fingerprint density at radius 1 is 1.07 bits per heavy atom. The molecular formula is C20H17N5O2. The maximum absolute atomic E-state index is 13.1. The monoisotopic (exact) mass is 359 g/mol. The molecule has 0 saturated heterocycles. The summed E-state index contributed by atoms with van der Waals surface area (Å²) in [5.41, 5.74) is 9.21. The Balaban J connectivity index is 1.79. The Kier molecular flexibility index (Phi) is 3.32. The fraction of sp³-hybridized carbons (Fsp3) is 0.100. The molecule has 1 atom stereocenters. The third-order valence-corrected chi connectivity index (χ3v) is 5.09. The number of aromatic hydroxyl groups is 1. The van der Waals surface area contributed by atoms with E-state index in [1.165, 1.54) is 0 Å². The van der Waals surface area contributed by atoms with Crippen LogP contribution in [0, 0.1) is 0 Å². The lowest BCUT2D eigenvalue weighted by molar-refractivity contribution is 0.481. The van der Waals surface area contributed by atoms with Gasteiger partial charge < -0.3 is 15.1 Å². The van der Waals surface area contributed by atoms with E-state index in [0.29, 0.717) is 22.4 Å². The SMILES string of the molecule is Cn1c(=O)c(-c2[nH]nc3c2C(c2ccccc2)NN3)c(O)c2ccccc21. The van der Waals surface area contributed by atoms with Crippen molar-refractivity contribution in [3.8, 4) is 17.0 Å². The molecule has 5 rings (SSSR count). The minimum absolute atomic E-state index is 0.0427. The Labute approximate surface area is 154 Å². The van der Waals surface area contributed by atoms with E-state index in [0.717, 1.165) is 11.1 Å². The van der Waals surface area contributed by atoms with Crippen LogP contribution in [0.2, 0.25) is 0 Å². The number of nitrogens with one attached hydrogen (secondary N) is 3. The summed E-state index contributed by atoms with van der Waals surface area (Å²) >= 11 is 0. The third-order valence-electron chi connectivity index (χ3n) is 5.09. The summed E-state index contributed by atoms with van der Waals surface area (Å²) in [6, 6.07) is 17.0. The van der Waals surface area contributed by atoms with Crippen molar-refractivity contribution in [1.82, 2.24) is 20.2 Å². The minimum Gasteiger partial charge on any atom is -0.506 e. The molecule has 0 aliphatic carbocycles. The molecule has 0 amide bonds. The molecule has 1 aliphatic rings. The van der Waals surface area contributed by atoms with Crippen molar-refractivity contribution in [2.75, 3.05) is 5.43 Å². The summed E-state index contributed by atoms with van der Waals surface area (Å²) in [5, 5.41) is 18.8. The van der Waals surface area contributed by atoms with E-state index in [9.17, 15) is 9.90 Å². The molecule has 2 aromatic carbocycles. The van der Waals surface area contributed by atoms with Crippen molar-refractivity contribution in [3.05, 3.63) is 76.1 Å². The molecule has 2 aromatic heterocycles. The number of aromatic amines is 1. The van der Waals surface area contributed by atoms with Gasteiger partial charge in [-0.3, -0.25) is 9.89 Å². The largest absolute Gasteiger partial charge is 0.506 e. The first-order valence-corrected chi connectivity index (χ1v) is 8.62. The van der Waals surface area contributed by atoms with Gasteiger partial charge in [0.05, 0.1) is 17.3 Å². The smallest absolute Gasteiger partial charge is 0.264 e. The molecule has 134 valence electrons. The Morgan fingerprint density at radius 3 is 2.63 bits per heavy atom. The van der Waals surface area contributed by atoms with E-state index in [1.54, 1.807) is 17.7 Å². The number of hydrogen-bond donors (Lipinski definition) is 4. The van der Waals surface area contributed by atoms with E-state index < -0.39 is 0 Å². The van der Waals surface area contributed by atoms with E-state index in [1.807, 2.05) is 48.5 Å². The summed E-state index contributed by atoms with van der Waals surface area (Å²) in [6.07, 6.45) is 0. The number of hydrogen-bond acceptors (Lipinski definition) is 5. The van der Waals surface area contributed by atoms with Crippen LogP contribution in [0.5, 0.6) is 5.75 Å². The lowest BCUT2D eigenvalue weighted by atomic mass is 9.96. The number of anilines is 1. The van der Waals surface area contributed by atoms with Gasteiger partial charge in [0.1, 0.15) is 11.3 Å². The van der Waals surface area contributed by atoms with Crippen LogP contribution in [0.3, 0.4) is 0 Å². The van der Waals surface area contributed by atoms with Crippen molar-refractivity contribution in [2.24, 2.45) is 7.05 Å². The number of nitrogens with zero attached hydrogens (tertiary/aromatic N) is 2. The lowest BCUT2D eigenvalue weighted by Gasteiger charge is -2.15. The maximum Gasteiger partial charge on any atom is 0.264 e. The van der Waals surface area contributed by atoms with Crippen molar-refractivity contribution >= 4 is 16.7 Å². The third kappa shape index (κ3) is 2.18. The highest BCUT2D eigenvalue weighted by molar-refractivity contribution is 5.92. The van der Waals surface area contributed by atoms with Crippen molar-refractivity contribution in [3.63, 3.8) is 0 Å². The molecule has 1 unspecified atom stereocenters. The number of H-pyrrole nitrogens is 1. The minimum atomic E-state index is -0.281. The quantitative estimate of drug-likeness (QED) is 0.441. The summed E-state index contributed by atoms with van der Waals surface area (Å²) in [4.78, 5) is 13.1. The predicted octanol–water partition coefficient (Wildman–Crippen LogP) is 2.65. The van der Waals surface area contributed by atoms with Gasteiger partial charge in [0, 0.05) is 18.0 Å². The number of aryl methyl sites for hydroxylation is 1. The first-order valence-electron chi connectivity index (χ1n) is 8.62. The second-order valence-corrected chi connectivity index (χ2v) is 6.58. The molecule has 27 heavy (non-hydrogen) atoms. The highest BCUT2D eigenvalue weighted by Gasteiger charge is 2.32. The van der Waals surface area contributed by atoms with Crippen LogP contribution in [-0.4, -0.2) is 19.9 Å². The van der Waals surface area contributed by atoms with Crippen molar-refractivity contribution in [2.45, 2.75) is 6.04 Å². The molecule has 0 saturated carbocycles. The molecule has 7 heteroatoms. The topological polar surface area (TPSA) is 95.0 Å². The maximum atomic E-state index is 13.1. The molecule has 4 N–H and O–H groups in total. The normalized spacial score (nSPS) is 15.7. The van der Waals surface area contributed by atoms with Gasteiger partial charge >= 0.3 is 0 Å². The summed E-state index contributed by atoms with van der Waals surface area (Å²) in [5.74, 6) is 0.576. The first kappa shape index (κ1) is 15.7. The first-order chi connectivity index (χ1) is 13.2. The lowest BCUT2D eigenvalue weighted by Crippen LogP contribution is -2.22. The van der Waals surface area contributed by atoms with Gasteiger partial charge in [0.2, 0.25) is 0 Å². The summed E-state index contributed by atoms with van der Waals surface area (Å²) in [7, 11) is 1.70. The molecule has 7 nitrogen and oxygen atoms in total. The number of pyridine rings is 1. The van der Waals surface area contributed by atoms with Crippen LogP contribution in [0.25, 0.3) is 22.2 Å². The second-order valence-electron chi connectivity index (χ2n) is 6.58. The Hall–Kier alpha value is -3.58. The summed E-state index contributed by atoms with van der Waals surface area (Å²) < 4.78 is 1.55. The fourth-order valence-corrected chi connectivity index (χ4v) is 3.73. The molecule has 4 aromatic rings. The zero-order valence-electron chi connectivity index (χ0n) is 14.5. The second kappa shape index (κ2) is 5.72. The van der Waals surface area contributed by atoms with E-state index in [2.05, 4.69) is 21.0 Å². The number of hydrazine groups is 1. The Morgan fingerprint density at radius 2 is 1.81 bits per heavy atom. The van der Waals surface area contributed by atoms with E-state index >= 15 is 0 Å². The van der Waals surface area contributed by atoms with Gasteiger partial charge in [-0.2, -0.15) is 5.10 Å². The van der Waals surface area contributed by atoms with Gasteiger partial charge in [0.25, 0.3) is 5.56 Å². The Bertz CT molecular complexity index is 1230. The van der Waals surface area contributed by atoms with Gasteiger partial charge in [-0.15, -0.1) is 0 Å². The molecule has 0 spiro atoms. The van der Waals surface area contributed by atoms with E-state index in [-0.39, 0.29) is 22.9 Å². The standard InChI is InChI=1S/C20H17N5O2/c1-25-13-10-6-5-9-12(13)18(26)15(20(25)27)17-14-16(11-7-3-2-4-8-11)21-23-19(14)24-22-17/h2-10,16,21,26H,1H3,(H2,22,23,24). The molecule has 0 radical (unpaired) electrons. The zero-order chi connectivity index (χ0) is 18.5. The molecule has 0 bridgehead atoms. The number of benzene rings is 2. The average Bonchev–Trinajstić information content (AvgIpc) is 3.30. The van der Waals surface area contributed by atoms with Crippen LogP contribution in [0.1, 0.15) is 17.2 Å². The zero-order valence-corrected chi connectivity index (χ0v) is 14.5. The van der Waals surface area contributed by atoms with Gasteiger partial charge in [-0.1, -0.05) is 42.5 Å². The number of para-hydroxylation sites is 1. The van der Waals surface area contributed by atoms with Crippen LogP contribution >= 0.6 is 0 Å². The van der Waals surface area contributed by atoms with Gasteiger partial charge in [0.15, 0.2) is 5.82 Å². The van der Waals surface area contributed by atoms with Crippen molar-refractivity contribution in [1.29, 1.82) is 0 Å². The van der Waals surface area contributed by atoms with Crippen LogP contribution in [0.4, 0.5) is 5.82 Å². The highest BCUT2D eigenvalue weighted by atomic mass is 16.3. The molecule has 1 aliphatic heterocycles. The van der Waals surface area contributed by atoms with Crippen LogP contribution < -0.4 is 16.4 Å². The number of fused-ring (bicyclic) bond motifs is 2. The summed E-state index contributed by atoms with van der Waals surface area (Å²) in [6.45, 7) is 0. The number of rotatable bonds is 2. The molecule has 3 heterocycles. The van der Waals surface area contributed by atoms with Gasteiger partial charge in [-0.05, 0) is 17.7 Å². The van der Waals surface area contributed by atoms with Gasteiger partial charge in [-0.25, -0.2) is 5.43 Å². The van der Waals surface area contributed by atoms with Crippen LogP contribution in [-0.2, 0) is 7.05 Å². The predicted molar refractivity (Wildman–Crippen MR) is 103 cm³/mol. The van der Waals surface area contributed by atoms with Crippen molar-refractivity contribution < 1.29 is 5.11 Å².